The van der Waals surface area contributed by atoms with Crippen LogP contribution in [0.4, 0.5) is 0 Å². The van der Waals surface area contributed by atoms with Gasteiger partial charge in [0, 0.05) is 31.0 Å². The van der Waals surface area contributed by atoms with Crippen molar-refractivity contribution < 1.29 is 13.2 Å². The van der Waals surface area contributed by atoms with Gasteiger partial charge in [0.05, 0.1) is 4.90 Å². The number of carbonyl (C=O) groups excluding carboxylic acids is 1. The monoisotopic (exact) mass is 296 g/mol. The fraction of sp³-hybridized carbons (Fsp3) is 0.500. The normalized spacial score (nSPS) is 15.7. The van der Waals surface area contributed by atoms with Gasteiger partial charge in [-0.05, 0) is 37.5 Å². The Balaban J connectivity index is 2.27. The molecule has 1 saturated carbocycles. The van der Waals surface area contributed by atoms with Crippen molar-refractivity contribution in [2.45, 2.75) is 30.2 Å². The summed E-state index contributed by atoms with van der Waals surface area (Å²) in [6.45, 7) is 0.917. The van der Waals surface area contributed by atoms with E-state index in [0.29, 0.717) is 18.7 Å². The first kappa shape index (κ1) is 15.0. The van der Waals surface area contributed by atoms with E-state index in [1.807, 2.05) is 0 Å². The molecule has 0 heterocycles. The number of amides is 1. The lowest BCUT2D eigenvalue weighted by molar-refractivity contribution is 0.0588. The first-order chi connectivity index (χ1) is 9.43. The summed E-state index contributed by atoms with van der Waals surface area (Å²) in [7, 11) is -3.30. The molecular weight excluding hydrogens is 276 g/mol. The number of hydrogen-bond acceptors (Lipinski definition) is 4. The topological polar surface area (TPSA) is 80.5 Å². The minimum atomic E-state index is -3.30. The number of rotatable bonds is 5. The SMILES string of the molecule is CS(=O)(=O)c1cccc(C(=O)N(CCN)C2CCC2)c1. The van der Waals surface area contributed by atoms with Gasteiger partial charge in [-0.3, -0.25) is 4.79 Å². The first-order valence-electron chi connectivity index (χ1n) is 6.74. The van der Waals surface area contributed by atoms with Crippen LogP contribution in [-0.2, 0) is 9.84 Å². The number of nitrogens with zero attached hydrogens (tertiary/aromatic N) is 1. The van der Waals surface area contributed by atoms with Crippen LogP contribution in [0.3, 0.4) is 0 Å². The maximum absolute atomic E-state index is 12.5. The van der Waals surface area contributed by atoms with Crippen LogP contribution in [0.25, 0.3) is 0 Å². The molecule has 0 unspecified atom stereocenters. The van der Waals surface area contributed by atoms with Gasteiger partial charge >= 0.3 is 0 Å². The maximum atomic E-state index is 12.5. The van der Waals surface area contributed by atoms with E-state index in [9.17, 15) is 13.2 Å². The fourth-order valence-electron chi connectivity index (χ4n) is 2.31. The van der Waals surface area contributed by atoms with E-state index in [4.69, 9.17) is 5.73 Å². The summed E-state index contributed by atoms with van der Waals surface area (Å²) >= 11 is 0. The Morgan fingerprint density at radius 3 is 2.60 bits per heavy atom. The number of benzene rings is 1. The largest absolute Gasteiger partial charge is 0.334 e. The lowest BCUT2D eigenvalue weighted by Crippen LogP contribution is -2.46. The maximum Gasteiger partial charge on any atom is 0.254 e. The molecule has 1 aliphatic carbocycles. The first-order valence-corrected chi connectivity index (χ1v) is 8.64. The summed E-state index contributed by atoms with van der Waals surface area (Å²) in [6.07, 6.45) is 4.26. The molecule has 0 aliphatic heterocycles. The molecule has 6 heteroatoms. The van der Waals surface area contributed by atoms with Gasteiger partial charge in [-0.15, -0.1) is 0 Å². The predicted molar refractivity (Wildman–Crippen MR) is 77.3 cm³/mol. The van der Waals surface area contributed by atoms with Crippen LogP contribution in [0.15, 0.2) is 29.2 Å². The molecule has 1 aromatic carbocycles. The van der Waals surface area contributed by atoms with E-state index in [2.05, 4.69) is 0 Å². The van der Waals surface area contributed by atoms with Crippen LogP contribution in [-0.4, -0.2) is 44.6 Å². The van der Waals surface area contributed by atoms with E-state index in [-0.39, 0.29) is 16.8 Å². The van der Waals surface area contributed by atoms with E-state index < -0.39 is 9.84 Å². The minimum Gasteiger partial charge on any atom is -0.334 e. The van der Waals surface area contributed by atoms with Gasteiger partial charge in [-0.2, -0.15) is 0 Å². The molecule has 0 saturated heterocycles. The van der Waals surface area contributed by atoms with Crippen molar-refractivity contribution in [2.75, 3.05) is 19.3 Å². The smallest absolute Gasteiger partial charge is 0.254 e. The Kier molecular flexibility index (Phi) is 4.45. The number of hydrogen-bond donors (Lipinski definition) is 1. The lowest BCUT2D eigenvalue weighted by Gasteiger charge is -2.37. The summed E-state index contributed by atoms with van der Waals surface area (Å²) in [5.74, 6) is -0.134. The van der Waals surface area contributed by atoms with E-state index in [0.717, 1.165) is 25.5 Å². The van der Waals surface area contributed by atoms with Crippen molar-refractivity contribution in [3.05, 3.63) is 29.8 Å². The lowest BCUT2D eigenvalue weighted by atomic mass is 9.91. The molecule has 0 aromatic heterocycles. The molecule has 5 nitrogen and oxygen atoms in total. The minimum absolute atomic E-state index is 0.134. The summed E-state index contributed by atoms with van der Waals surface area (Å²) < 4.78 is 23.1. The van der Waals surface area contributed by atoms with Crippen molar-refractivity contribution >= 4 is 15.7 Å². The highest BCUT2D eigenvalue weighted by Gasteiger charge is 2.29. The van der Waals surface area contributed by atoms with Crippen LogP contribution >= 0.6 is 0 Å². The highest BCUT2D eigenvalue weighted by Crippen LogP contribution is 2.26. The zero-order chi connectivity index (χ0) is 14.8. The summed E-state index contributed by atoms with van der Waals surface area (Å²) in [5.41, 5.74) is 5.98. The van der Waals surface area contributed by atoms with Gasteiger partial charge in [0.2, 0.25) is 0 Å². The Hall–Kier alpha value is -1.40. The van der Waals surface area contributed by atoms with Crippen LogP contribution < -0.4 is 5.73 Å². The molecule has 1 amide bonds. The van der Waals surface area contributed by atoms with E-state index in [1.54, 1.807) is 17.0 Å². The van der Waals surface area contributed by atoms with Crippen molar-refractivity contribution in [1.82, 2.24) is 4.90 Å². The predicted octanol–water partition coefficient (Wildman–Crippen LogP) is 1.04. The Morgan fingerprint density at radius 1 is 1.40 bits per heavy atom. The second-order valence-corrected chi connectivity index (χ2v) is 7.19. The number of carbonyl (C=O) groups is 1. The van der Waals surface area contributed by atoms with Crippen LogP contribution in [0.2, 0.25) is 0 Å². The highest BCUT2D eigenvalue weighted by molar-refractivity contribution is 7.90. The van der Waals surface area contributed by atoms with Crippen molar-refractivity contribution in [3.63, 3.8) is 0 Å². The van der Waals surface area contributed by atoms with Crippen LogP contribution in [0.5, 0.6) is 0 Å². The van der Waals surface area contributed by atoms with Gasteiger partial charge in [0.15, 0.2) is 9.84 Å². The van der Waals surface area contributed by atoms with Gasteiger partial charge < -0.3 is 10.6 Å². The molecule has 20 heavy (non-hydrogen) atoms. The molecule has 2 rings (SSSR count). The Morgan fingerprint density at radius 2 is 2.10 bits per heavy atom. The third-order valence-corrected chi connectivity index (χ3v) is 4.77. The van der Waals surface area contributed by atoms with Gasteiger partial charge in [-0.25, -0.2) is 8.42 Å². The summed E-state index contributed by atoms with van der Waals surface area (Å²) in [5, 5.41) is 0. The molecule has 1 aromatic rings. The molecule has 1 fully saturated rings. The Bertz CT molecular complexity index is 594. The second kappa shape index (κ2) is 5.93. The average molecular weight is 296 g/mol. The molecule has 110 valence electrons. The second-order valence-electron chi connectivity index (χ2n) is 5.17. The van der Waals surface area contributed by atoms with Crippen LogP contribution in [0, 0.1) is 0 Å². The van der Waals surface area contributed by atoms with Crippen molar-refractivity contribution in [3.8, 4) is 0 Å². The molecule has 0 bridgehead atoms. The molecule has 0 radical (unpaired) electrons. The summed E-state index contributed by atoms with van der Waals surface area (Å²) in [6, 6.07) is 6.44. The number of sulfone groups is 1. The molecular formula is C14H20N2O3S. The van der Waals surface area contributed by atoms with E-state index >= 15 is 0 Å². The van der Waals surface area contributed by atoms with Crippen molar-refractivity contribution in [1.29, 1.82) is 0 Å². The van der Waals surface area contributed by atoms with Crippen LogP contribution in [0.1, 0.15) is 29.6 Å². The van der Waals surface area contributed by atoms with Crippen molar-refractivity contribution in [2.24, 2.45) is 5.73 Å². The standard InChI is InChI=1S/C14H20N2O3S/c1-20(18,19)13-7-2-4-11(10-13)14(17)16(9-8-15)12-5-3-6-12/h2,4,7,10,12H,3,5-6,8-9,15H2,1H3. The highest BCUT2D eigenvalue weighted by atomic mass is 32.2. The summed E-state index contributed by atoms with van der Waals surface area (Å²) in [4.78, 5) is 14.5. The third kappa shape index (κ3) is 3.19. The fourth-order valence-corrected chi connectivity index (χ4v) is 2.98. The Labute approximate surface area is 119 Å². The average Bonchev–Trinajstić information content (AvgIpc) is 2.34. The van der Waals surface area contributed by atoms with Gasteiger partial charge in [0.1, 0.15) is 0 Å². The zero-order valence-corrected chi connectivity index (χ0v) is 12.4. The van der Waals surface area contributed by atoms with Gasteiger partial charge in [0.25, 0.3) is 5.91 Å². The zero-order valence-electron chi connectivity index (χ0n) is 11.6. The third-order valence-electron chi connectivity index (χ3n) is 3.66. The molecule has 2 N–H and O–H groups in total. The van der Waals surface area contributed by atoms with Gasteiger partial charge in [-0.1, -0.05) is 6.07 Å². The quantitative estimate of drug-likeness (QED) is 0.880. The molecule has 0 atom stereocenters. The number of nitrogens with two attached hydrogens (primary N) is 1. The molecule has 1 aliphatic rings. The van der Waals surface area contributed by atoms with E-state index in [1.165, 1.54) is 12.1 Å². The molecule has 0 spiro atoms.